The third kappa shape index (κ3) is 36.1. The van der Waals surface area contributed by atoms with Crippen LogP contribution in [0.2, 0.25) is 0 Å². The molecule has 0 spiro atoms. The highest BCUT2D eigenvalue weighted by Crippen LogP contribution is 2.33. The summed E-state index contributed by atoms with van der Waals surface area (Å²) in [5.41, 5.74) is 5.27. The Bertz CT molecular complexity index is 2530. The fourth-order valence-electron chi connectivity index (χ4n) is 13.3. The number of nitrogens with one attached hydrogen (secondary N) is 1. The van der Waals surface area contributed by atoms with Crippen LogP contribution < -0.4 is 5.32 Å². The number of hydrogen-bond acceptors (Lipinski definition) is 8. The number of ether oxygens (including phenoxy) is 7. The van der Waals surface area contributed by atoms with E-state index in [0.29, 0.717) is 43.9 Å². The Labute approximate surface area is 591 Å². The summed E-state index contributed by atoms with van der Waals surface area (Å²) in [6.45, 7) is 6.45. The Morgan fingerprint density at radius 2 is 0.695 bits per heavy atom. The second kappa shape index (κ2) is 53.9. The number of rotatable bonds is 59. The smallest absolute Gasteiger partial charge is 0.220 e. The van der Waals surface area contributed by atoms with Gasteiger partial charge in [0.2, 0.25) is 5.91 Å². The molecule has 0 bridgehead atoms. The molecule has 8 atom stereocenters. The van der Waals surface area contributed by atoms with Crippen LogP contribution in [0.4, 0.5) is 0 Å². The third-order valence-corrected chi connectivity index (χ3v) is 20.0. The fourth-order valence-corrected chi connectivity index (χ4v) is 14.0. The Kier molecular flexibility index (Phi) is 45.4. The summed E-state index contributed by atoms with van der Waals surface area (Å²) >= 11 is 2.40. The molecule has 0 aromatic heterocycles. The summed E-state index contributed by atoms with van der Waals surface area (Å²) in [6.07, 6.45) is 43.0. The van der Waals surface area contributed by atoms with E-state index in [2.05, 4.69) is 127 Å². The highest BCUT2D eigenvalue weighted by molar-refractivity contribution is 14.1. The summed E-state index contributed by atoms with van der Waals surface area (Å²) in [6, 6.07) is 51.0. The average Bonchev–Trinajstić information content (AvgIpc) is 0.825. The van der Waals surface area contributed by atoms with Crippen LogP contribution in [-0.2, 0) is 71.0 Å². The lowest BCUT2D eigenvalue weighted by atomic mass is 9.97. The second-order valence-electron chi connectivity index (χ2n) is 27.3. The van der Waals surface area contributed by atoms with E-state index in [1.165, 1.54) is 193 Å². The van der Waals surface area contributed by atoms with Gasteiger partial charge in [0.25, 0.3) is 0 Å². The van der Waals surface area contributed by atoms with Crippen LogP contribution in [0, 0.1) is 0 Å². The minimum Gasteiger partial charge on any atom is -0.371 e. The van der Waals surface area contributed by atoms with Crippen LogP contribution in [0.25, 0.3) is 0 Å². The zero-order valence-corrected chi connectivity index (χ0v) is 61.5. The fraction of sp³-hybridized carbons (Fsp3) is 0.635. The van der Waals surface area contributed by atoms with Gasteiger partial charge in [-0.15, -0.1) is 0 Å². The first-order valence-electron chi connectivity index (χ1n) is 38.4. The molecule has 10 heteroatoms. The van der Waals surface area contributed by atoms with Crippen LogP contribution in [0.1, 0.15) is 279 Å². The van der Waals surface area contributed by atoms with Crippen molar-refractivity contribution in [3.8, 4) is 0 Å². The summed E-state index contributed by atoms with van der Waals surface area (Å²) in [4.78, 5) is 14.7. The van der Waals surface area contributed by atoms with E-state index in [1.54, 1.807) is 0 Å². The Hall–Kier alpha value is -3.98. The van der Waals surface area contributed by atoms with Crippen molar-refractivity contribution in [3.05, 3.63) is 179 Å². The van der Waals surface area contributed by atoms with Gasteiger partial charge in [-0.2, -0.15) is 0 Å². The van der Waals surface area contributed by atoms with Crippen molar-refractivity contribution < 1.29 is 38.0 Å². The molecule has 1 fully saturated rings. The van der Waals surface area contributed by atoms with Crippen LogP contribution in [0.3, 0.4) is 0 Å². The lowest BCUT2D eigenvalue weighted by molar-refractivity contribution is -0.320. The van der Waals surface area contributed by atoms with E-state index in [1.807, 2.05) is 66.7 Å². The second-order valence-corrected chi connectivity index (χ2v) is 28.2. The third-order valence-electron chi connectivity index (χ3n) is 19.1. The van der Waals surface area contributed by atoms with E-state index >= 15 is 0 Å². The summed E-state index contributed by atoms with van der Waals surface area (Å²) < 4.78 is 50.4. The number of unbranched alkanes of at least 4 members (excludes halogenated alkanes) is 33. The summed E-state index contributed by atoms with van der Waals surface area (Å²) in [5.74, 6) is -0.00684. The van der Waals surface area contributed by atoms with Gasteiger partial charge in [0, 0.05) is 10.8 Å². The molecule has 1 heterocycles. The molecule has 1 aliphatic heterocycles. The first-order valence-corrected chi connectivity index (χ1v) is 40.0. The Morgan fingerprint density at radius 3 is 1.06 bits per heavy atom. The molecule has 0 saturated carbocycles. The minimum absolute atomic E-state index is 0.00684. The first kappa shape index (κ1) is 80.0. The molecule has 1 aliphatic rings. The monoisotopic (exact) mass is 1420 g/mol. The van der Waals surface area contributed by atoms with Crippen molar-refractivity contribution in [1.29, 1.82) is 0 Å². The zero-order valence-electron chi connectivity index (χ0n) is 59.3. The maximum atomic E-state index is 14.7. The molecule has 0 radical (unpaired) electrons. The van der Waals surface area contributed by atoms with Gasteiger partial charge in [-0.05, 0) is 40.7 Å². The lowest BCUT2D eigenvalue weighted by Crippen LogP contribution is -2.62. The van der Waals surface area contributed by atoms with Gasteiger partial charge >= 0.3 is 0 Å². The van der Waals surface area contributed by atoms with Gasteiger partial charge in [0.1, 0.15) is 24.4 Å². The largest absolute Gasteiger partial charge is 0.371 e. The van der Waals surface area contributed by atoms with Crippen LogP contribution in [-0.4, -0.2) is 65.9 Å². The van der Waals surface area contributed by atoms with Crippen LogP contribution in [0.5, 0.6) is 0 Å². The molecule has 0 unspecified atom stereocenters. The maximum Gasteiger partial charge on any atom is 0.220 e. The van der Waals surface area contributed by atoms with Gasteiger partial charge in [-0.25, -0.2) is 0 Å². The molecule has 0 aliphatic carbocycles. The maximum absolute atomic E-state index is 14.7. The van der Waals surface area contributed by atoms with Gasteiger partial charge in [0.15, 0.2) is 6.29 Å². The predicted molar refractivity (Wildman–Crippen MR) is 403 cm³/mol. The average molecular weight is 1420 g/mol. The number of hydrogen-bond donors (Lipinski definition) is 1. The normalized spacial score (nSPS) is 17.4. The summed E-state index contributed by atoms with van der Waals surface area (Å²) in [7, 11) is 0. The number of carbonyl (C=O) groups excluding carboxylic acids is 1. The highest BCUT2D eigenvalue weighted by Gasteiger charge is 2.49. The zero-order chi connectivity index (χ0) is 66.5. The van der Waals surface area contributed by atoms with Crippen molar-refractivity contribution in [2.75, 3.05) is 11.0 Å². The quantitative estimate of drug-likeness (QED) is 0.0234. The molecule has 1 amide bonds. The molecule has 1 N–H and O–H groups in total. The molecule has 95 heavy (non-hydrogen) atoms. The molecule has 5 aromatic carbocycles. The topological polar surface area (TPSA) is 93.7 Å². The van der Waals surface area contributed by atoms with E-state index in [-0.39, 0.29) is 18.6 Å². The van der Waals surface area contributed by atoms with Crippen LogP contribution >= 0.6 is 22.6 Å². The van der Waals surface area contributed by atoms with Crippen molar-refractivity contribution in [2.24, 2.45) is 0 Å². The Balaban J connectivity index is 1.15. The number of carbonyl (C=O) groups is 1. The Morgan fingerprint density at radius 1 is 0.379 bits per heavy atom. The van der Waals surface area contributed by atoms with Gasteiger partial charge < -0.3 is 38.5 Å². The molecule has 528 valence electrons. The number of alkyl halides is 1. The lowest BCUT2D eigenvalue weighted by Gasteiger charge is -2.46. The van der Waals surface area contributed by atoms with Gasteiger partial charge in [0.05, 0.1) is 57.9 Å². The summed E-state index contributed by atoms with van der Waals surface area (Å²) in [5, 5.41) is 3.56. The van der Waals surface area contributed by atoms with Crippen molar-refractivity contribution >= 4 is 28.5 Å². The molecular weight excluding hydrogens is 1290 g/mol. The van der Waals surface area contributed by atoms with Gasteiger partial charge in [-0.1, -0.05) is 406 Å². The predicted octanol–water partition coefficient (Wildman–Crippen LogP) is 23.0. The van der Waals surface area contributed by atoms with E-state index < -0.39 is 42.9 Å². The van der Waals surface area contributed by atoms with E-state index in [4.69, 9.17) is 33.2 Å². The molecule has 9 nitrogen and oxygen atoms in total. The van der Waals surface area contributed by atoms with E-state index in [9.17, 15) is 4.79 Å². The molecule has 5 aromatic rings. The number of halogens is 1. The molecule has 6 rings (SSSR count). The van der Waals surface area contributed by atoms with Crippen molar-refractivity contribution in [2.45, 2.75) is 333 Å². The van der Waals surface area contributed by atoms with Gasteiger partial charge in [-0.3, -0.25) is 4.79 Å². The highest BCUT2D eigenvalue weighted by atomic mass is 127. The van der Waals surface area contributed by atoms with E-state index in [0.717, 1.165) is 66.3 Å². The van der Waals surface area contributed by atoms with Crippen molar-refractivity contribution in [3.63, 3.8) is 0 Å². The van der Waals surface area contributed by atoms with Crippen LogP contribution in [0.15, 0.2) is 152 Å². The van der Waals surface area contributed by atoms with Crippen molar-refractivity contribution in [1.82, 2.24) is 5.32 Å². The number of benzene rings is 5. The number of amides is 1. The molecule has 1 saturated heterocycles. The standard InChI is InChI=1S/C85H128INO8/c1-3-5-7-9-11-13-15-17-18-19-20-21-22-23-24-25-26-27-29-31-33-35-52-64-80(88)87-77(81(90-67-73-55-43-37-44-56-73)78(89-66-72-53-41-36-42-54-72)63-51-34-32-30-28-16-14-12-10-8-6-4-2)71-94-85-84(93-70-76-61-49-40-50-62-76)83(92-69-75-59-47-39-48-60-75)82(79(65-86)95-85)91-68-74-57-45-38-46-58-74/h36-50,53-62,77-79,81-85H,3-35,51-52,63-71H2,1-2H3,(H,87,88)/t77-,78+,79+,81-,82-,83-,84+,85-/m0/s1. The first-order chi connectivity index (χ1) is 47.0. The SMILES string of the molecule is CCCCCCCCCCCCCCCCCCCCCCCCCC(=O)N[C@@H](CO[C@H]1O[C@H](CI)[C@H](OCc2ccccc2)[C@H](OCc2ccccc2)[C@H]1OCc1ccccc1)[C@H](OCc1ccccc1)[C@@H](CCCCCCCCCCCCCC)OCc1ccccc1. The minimum atomic E-state index is -0.894. The molecular formula is C85H128INO8.